The number of amides is 1. The number of nitrogens with zero attached hydrogens (tertiary/aromatic N) is 4. The third-order valence-corrected chi connectivity index (χ3v) is 3.91. The van der Waals surface area contributed by atoms with Crippen LogP contribution in [0.1, 0.15) is 15.9 Å². The molecule has 0 fully saturated rings. The lowest BCUT2D eigenvalue weighted by atomic mass is 10.1. The van der Waals surface area contributed by atoms with Crippen molar-refractivity contribution in [2.45, 2.75) is 6.54 Å². The van der Waals surface area contributed by atoms with Crippen molar-refractivity contribution < 1.29 is 4.79 Å². The Hall–Kier alpha value is -3.54. The first-order valence-electron chi connectivity index (χ1n) is 7.88. The van der Waals surface area contributed by atoms with E-state index in [2.05, 4.69) is 20.6 Å². The molecule has 6 nitrogen and oxygen atoms in total. The van der Waals surface area contributed by atoms with Gasteiger partial charge in [-0.1, -0.05) is 29.5 Å². The fraction of sp³-hybridized carbons (Fsp3) is 0.0526. The van der Waals surface area contributed by atoms with E-state index in [4.69, 9.17) is 0 Å². The number of anilines is 1. The molecule has 6 heteroatoms. The summed E-state index contributed by atoms with van der Waals surface area (Å²) in [6, 6.07) is 18.8. The molecule has 0 aliphatic heterocycles. The predicted octanol–water partition coefficient (Wildman–Crippen LogP) is 3.13. The Morgan fingerprint density at radius 3 is 2.52 bits per heavy atom. The molecule has 122 valence electrons. The van der Waals surface area contributed by atoms with Gasteiger partial charge in [0.15, 0.2) is 0 Å². The average molecular weight is 329 g/mol. The number of hydrogen-bond acceptors (Lipinski definition) is 4. The van der Waals surface area contributed by atoms with Crippen LogP contribution >= 0.6 is 0 Å². The van der Waals surface area contributed by atoms with Crippen LogP contribution in [0.15, 0.2) is 73.1 Å². The number of hydrogen-bond donors (Lipinski definition) is 1. The molecule has 25 heavy (non-hydrogen) atoms. The molecule has 0 unspecified atom stereocenters. The minimum atomic E-state index is -0.149. The first-order valence-corrected chi connectivity index (χ1v) is 7.88. The second-order valence-electron chi connectivity index (χ2n) is 5.62. The quantitative estimate of drug-likeness (QED) is 0.624. The highest BCUT2D eigenvalue weighted by Crippen LogP contribution is 2.13. The first-order chi connectivity index (χ1) is 12.3. The van der Waals surface area contributed by atoms with Crippen LogP contribution in [0.5, 0.6) is 0 Å². The number of carbonyl (C=O) groups is 1. The van der Waals surface area contributed by atoms with E-state index in [-0.39, 0.29) is 5.91 Å². The summed E-state index contributed by atoms with van der Waals surface area (Å²) in [5.41, 5.74) is 4.23. The molecule has 2 heterocycles. The number of pyridine rings is 1. The summed E-state index contributed by atoms with van der Waals surface area (Å²) in [5.74, 6) is -0.149. The molecule has 2 aromatic carbocycles. The maximum absolute atomic E-state index is 12.3. The molecule has 2 aromatic heterocycles. The summed E-state index contributed by atoms with van der Waals surface area (Å²) < 4.78 is 1.85. The molecule has 0 aliphatic rings. The van der Waals surface area contributed by atoms with Crippen LogP contribution in [0, 0.1) is 0 Å². The van der Waals surface area contributed by atoms with E-state index in [1.807, 2.05) is 53.2 Å². The van der Waals surface area contributed by atoms with Gasteiger partial charge in [-0.15, -0.1) is 5.10 Å². The van der Waals surface area contributed by atoms with E-state index in [0.717, 1.165) is 22.3 Å². The van der Waals surface area contributed by atoms with Crippen molar-refractivity contribution in [2.24, 2.45) is 0 Å². The molecule has 0 spiro atoms. The highest BCUT2D eigenvalue weighted by Gasteiger charge is 2.07. The van der Waals surface area contributed by atoms with Gasteiger partial charge in [-0.3, -0.25) is 9.78 Å². The fourth-order valence-corrected chi connectivity index (χ4v) is 2.61. The molecule has 0 radical (unpaired) electrons. The van der Waals surface area contributed by atoms with Crippen molar-refractivity contribution in [3.63, 3.8) is 0 Å². The third kappa shape index (κ3) is 3.23. The second kappa shape index (κ2) is 6.52. The van der Waals surface area contributed by atoms with E-state index in [0.29, 0.717) is 12.1 Å². The Kier molecular flexibility index (Phi) is 3.92. The molecule has 0 aliphatic carbocycles. The number of carbonyl (C=O) groups excluding carboxylic acids is 1. The molecule has 0 saturated carbocycles. The second-order valence-corrected chi connectivity index (χ2v) is 5.62. The van der Waals surface area contributed by atoms with Gasteiger partial charge in [0.05, 0.1) is 12.1 Å². The van der Waals surface area contributed by atoms with Gasteiger partial charge in [0.25, 0.3) is 5.91 Å². The number of rotatable bonds is 4. The third-order valence-electron chi connectivity index (χ3n) is 3.91. The largest absolute Gasteiger partial charge is 0.322 e. The summed E-state index contributed by atoms with van der Waals surface area (Å²) in [5, 5.41) is 11.2. The molecular weight excluding hydrogens is 314 g/mol. The van der Waals surface area contributed by atoms with Crippen LogP contribution in [-0.2, 0) is 6.54 Å². The van der Waals surface area contributed by atoms with E-state index >= 15 is 0 Å². The molecule has 1 N–H and O–H groups in total. The van der Waals surface area contributed by atoms with Gasteiger partial charge in [-0.2, -0.15) is 0 Å². The van der Waals surface area contributed by atoms with Gasteiger partial charge in [0.1, 0.15) is 5.52 Å². The lowest BCUT2D eigenvalue weighted by Gasteiger charge is -2.06. The van der Waals surface area contributed by atoms with Crippen molar-refractivity contribution >= 4 is 22.6 Å². The van der Waals surface area contributed by atoms with Crippen molar-refractivity contribution in [1.29, 1.82) is 0 Å². The zero-order valence-electron chi connectivity index (χ0n) is 13.3. The minimum Gasteiger partial charge on any atom is -0.322 e. The number of aromatic nitrogens is 4. The van der Waals surface area contributed by atoms with Crippen LogP contribution in [0.4, 0.5) is 5.69 Å². The lowest BCUT2D eigenvalue weighted by Crippen LogP contribution is -2.12. The summed E-state index contributed by atoms with van der Waals surface area (Å²) in [7, 11) is 0. The van der Waals surface area contributed by atoms with Crippen LogP contribution in [0.2, 0.25) is 0 Å². The van der Waals surface area contributed by atoms with Crippen LogP contribution in [0.3, 0.4) is 0 Å². The Balaban J connectivity index is 1.49. The Bertz CT molecular complexity index is 1010. The van der Waals surface area contributed by atoms with Crippen molar-refractivity contribution in [3.05, 3.63) is 84.2 Å². The first kappa shape index (κ1) is 15.0. The van der Waals surface area contributed by atoms with Gasteiger partial charge in [-0.05, 0) is 42.0 Å². The van der Waals surface area contributed by atoms with E-state index < -0.39 is 0 Å². The van der Waals surface area contributed by atoms with Crippen LogP contribution in [-0.4, -0.2) is 25.9 Å². The normalized spacial score (nSPS) is 10.7. The SMILES string of the molecule is O=C(Nc1ccncc1)c1ccc(Cn2nnc3ccccc32)cc1. The van der Waals surface area contributed by atoms with E-state index in [1.54, 1.807) is 24.5 Å². The maximum atomic E-state index is 12.3. The molecule has 0 atom stereocenters. The number of benzene rings is 2. The highest BCUT2D eigenvalue weighted by atomic mass is 16.1. The number of fused-ring (bicyclic) bond motifs is 1. The Labute approximate surface area is 144 Å². The monoisotopic (exact) mass is 329 g/mol. The van der Waals surface area contributed by atoms with E-state index in [1.165, 1.54) is 0 Å². The maximum Gasteiger partial charge on any atom is 0.255 e. The minimum absolute atomic E-state index is 0.149. The van der Waals surface area contributed by atoms with Crippen molar-refractivity contribution in [2.75, 3.05) is 5.32 Å². The van der Waals surface area contributed by atoms with Gasteiger partial charge < -0.3 is 5.32 Å². The average Bonchev–Trinajstić information content (AvgIpc) is 3.06. The summed E-state index contributed by atoms with van der Waals surface area (Å²) in [4.78, 5) is 16.2. The van der Waals surface area contributed by atoms with Gasteiger partial charge in [-0.25, -0.2) is 4.68 Å². The van der Waals surface area contributed by atoms with Crippen molar-refractivity contribution in [3.8, 4) is 0 Å². The topological polar surface area (TPSA) is 72.7 Å². The summed E-state index contributed by atoms with van der Waals surface area (Å²) in [6.07, 6.45) is 3.28. The van der Waals surface area contributed by atoms with Gasteiger partial charge >= 0.3 is 0 Å². The van der Waals surface area contributed by atoms with E-state index in [9.17, 15) is 4.79 Å². The predicted molar refractivity (Wildman–Crippen MR) is 95.3 cm³/mol. The molecule has 0 saturated heterocycles. The van der Waals surface area contributed by atoms with Crippen LogP contribution < -0.4 is 5.32 Å². The zero-order chi connectivity index (χ0) is 17.1. The van der Waals surface area contributed by atoms with Crippen molar-refractivity contribution in [1.82, 2.24) is 20.0 Å². The summed E-state index contributed by atoms with van der Waals surface area (Å²) in [6.45, 7) is 0.604. The van der Waals surface area contributed by atoms with Gasteiger partial charge in [0, 0.05) is 23.6 Å². The fourth-order valence-electron chi connectivity index (χ4n) is 2.61. The number of nitrogens with one attached hydrogen (secondary N) is 1. The molecule has 4 rings (SSSR count). The molecule has 4 aromatic rings. The highest BCUT2D eigenvalue weighted by molar-refractivity contribution is 6.04. The van der Waals surface area contributed by atoms with Gasteiger partial charge in [0.2, 0.25) is 0 Å². The Morgan fingerprint density at radius 1 is 0.960 bits per heavy atom. The smallest absolute Gasteiger partial charge is 0.255 e. The molecule has 1 amide bonds. The number of para-hydroxylation sites is 1. The Morgan fingerprint density at radius 2 is 1.72 bits per heavy atom. The summed E-state index contributed by atoms with van der Waals surface area (Å²) >= 11 is 0. The standard InChI is InChI=1S/C19H15N5O/c25-19(21-16-9-11-20-12-10-16)15-7-5-14(6-8-15)13-24-18-4-2-1-3-17(18)22-23-24/h1-12H,13H2,(H,20,21,25). The zero-order valence-corrected chi connectivity index (χ0v) is 13.3. The molecular formula is C19H15N5O. The molecule has 0 bridgehead atoms. The lowest BCUT2D eigenvalue weighted by molar-refractivity contribution is 0.102. The van der Waals surface area contributed by atoms with Crippen LogP contribution in [0.25, 0.3) is 11.0 Å².